The number of carbonyl (C=O) groups is 4. The summed E-state index contributed by atoms with van der Waals surface area (Å²) in [4.78, 5) is 48.7. The summed E-state index contributed by atoms with van der Waals surface area (Å²) in [5.41, 5.74) is 1.04. The molecular weight excluding hydrogens is 416 g/mol. The third kappa shape index (κ3) is 4.59. The van der Waals surface area contributed by atoms with Crippen molar-refractivity contribution in [1.29, 1.82) is 0 Å². The van der Waals surface area contributed by atoms with Crippen LogP contribution in [-0.2, 0) is 19.1 Å². The number of nitrogens with zero attached hydrogens (tertiary/aromatic N) is 1. The molecule has 1 N–H and O–H groups in total. The summed E-state index contributed by atoms with van der Waals surface area (Å²) < 4.78 is 5.89. The second-order valence-electron chi connectivity index (χ2n) is 5.80. The number of anilines is 2. The maximum absolute atomic E-state index is 12.2. The van der Waals surface area contributed by atoms with Gasteiger partial charge in [-0.05, 0) is 42.5 Å². The van der Waals surface area contributed by atoms with E-state index in [9.17, 15) is 19.2 Å². The van der Waals surface area contributed by atoms with Crippen molar-refractivity contribution in [2.45, 2.75) is 12.8 Å². The molecule has 1 saturated heterocycles. The SMILES string of the molecule is O=C(COC(=O)c1cccc(N2C(=O)CCC2=O)c1)Nc1ccc(Br)cc1. The number of nitrogens with one attached hydrogen (secondary N) is 1. The van der Waals surface area contributed by atoms with E-state index in [0.29, 0.717) is 11.4 Å². The molecule has 7 nitrogen and oxygen atoms in total. The molecule has 1 heterocycles. The third-order valence-electron chi connectivity index (χ3n) is 3.85. The van der Waals surface area contributed by atoms with Crippen molar-refractivity contribution in [3.63, 3.8) is 0 Å². The molecule has 0 radical (unpaired) electrons. The zero-order valence-corrected chi connectivity index (χ0v) is 15.7. The first-order chi connectivity index (χ1) is 12.9. The van der Waals surface area contributed by atoms with Crippen LogP contribution in [0.1, 0.15) is 23.2 Å². The maximum atomic E-state index is 12.2. The van der Waals surface area contributed by atoms with E-state index in [1.165, 1.54) is 12.1 Å². The summed E-state index contributed by atoms with van der Waals surface area (Å²) in [7, 11) is 0. The van der Waals surface area contributed by atoms with E-state index in [1.807, 2.05) is 0 Å². The number of carbonyl (C=O) groups excluding carboxylic acids is 4. The highest BCUT2D eigenvalue weighted by atomic mass is 79.9. The average Bonchev–Trinajstić information content (AvgIpc) is 3.00. The first-order valence-corrected chi connectivity index (χ1v) is 8.92. The molecule has 0 unspecified atom stereocenters. The first-order valence-electron chi connectivity index (χ1n) is 8.12. The zero-order chi connectivity index (χ0) is 19.4. The fourth-order valence-corrected chi connectivity index (χ4v) is 2.85. The lowest BCUT2D eigenvalue weighted by molar-refractivity contribution is -0.121. The normalized spacial score (nSPS) is 13.6. The molecule has 0 aromatic heterocycles. The third-order valence-corrected chi connectivity index (χ3v) is 4.38. The fourth-order valence-electron chi connectivity index (χ4n) is 2.58. The summed E-state index contributed by atoms with van der Waals surface area (Å²) in [6, 6.07) is 13.0. The second-order valence-corrected chi connectivity index (χ2v) is 6.72. The monoisotopic (exact) mass is 430 g/mol. The number of hydrogen-bond acceptors (Lipinski definition) is 5. The summed E-state index contributed by atoms with van der Waals surface area (Å²) in [5, 5.41) is 2.61. The fraction of sp³-hybridized carbons (Fsp3) is 0.158. The van der Waals surface area contributed by atoms with Crippen molar-refractivity contribution in [3.8, 4) is 0 Å². The van der Waals surface area contributed by atoms with Gasteiger partial charge in [0.1, 0.15) is 0 Å². The molecular formula is C19H15BrN2O5. The Hall–Kier alpha value is -3.00. The van der Waals surface area contributed by atoms with Gasteiger partial charge in [0.15, 0.2) is 6.61 Å². The highest BCUT2D eigenvalue weighted by Crippen LogP contribution is 2.23. The molecule has 3 rings (SSSR count). The van der Waals surface area contributed by atoms with Crippen molar-refractivity contribution in [3.05, 3.63) is 58.6 Å². The molecule has 3 amide bonds. The van der Waals surface area contributed by atoms with E-state index in [4.69, 9.17) is 4.74 Å². The molecule has 0 saturated carbocycles. The van der Waals surface area contributed by atoms with Crippen LogP contribution >= 0.6 is 15.9 Å². The Kier molecular flexibility index (Phi) is 5.66. The van der Waals surface area contributed by atoms with Gasteiger partial charge in [-0.15, -0.1) is 0 Å². The summed E-state index contributed by atoms with van der Waals surface area (Å²) in [5.74, 6) is -1.81. The van der Waals surface area contributed by atoms with Crippen molar-refractivity contribution in [1.82, 2.24) is 0 Å². The van der Waals surface area contributed by atoms with E-state index in [-0.39, 0.29) is 30.2 Å². The van der Waals surface area contributed by atoms with Gasteiger partial charge in [0, 0.05) is 23.0 Å². The average molecular weight is 431 g/mol. The lowest BCUT2D eigenvalue weighted by atomic mass is 10.2. The molecule has 0 atom stereocenters. The quantitative estimate of drug-likeness (QED) is 0.581. The Morgan fingerprint density at radius 3 is 2.37 bits per heavy atom. The minimum Gasteiger partial charge on any atom is -0.452 e. The largest absolute Gasteiger partial charge is 0.452 e. The lowest BCUT2D eigenvalue weighted by Crippen LogP contribution is -2.28. The van der Waals surface area contributed by atoms with Gasteiger partial charge in [-0.2, -0.15) is 0 Å². The van der Waals surface area contributed by atoms with Crippen molar-refractivity contribution < 1.29 is 23.9 Å². The molecule has 138 valence electrons. The van der Waals surface area contributed by atoms with E-state index in [0.717, 1.165) is 9.37 Å². The van der Waals surface area contributed by atoms with Gasteiger partial charge in [0.05, 0.1) is 11.3 Å². The van der Waals surface area contributed by atoms with Crippen LogP contribution in [0.4, 0.5) is 11.4 Å². The van der Waals surface area contributed by atoms with Gasteiger partial charge in [0.2, 0.25) is 11.8 Å². The standard InChI is InChI=1S/C19H15BrN2O5/c20-13-4-6-14(7-5-13)21-16(23)11-27-19(26)12-2-1-3-15(10-12)22-17(24)8-9-18(22)25/h1-7,10H,8-9,11H2,(H,21,23). The molecule has 2 aromatic carbocycles. The lowest BCUT2D eigenvalue weighted by Gasteiger charge is -2.14. The summed E-state index contributed by atoms with van der Waals surface area (Å²) in [6.45, 7) is -0.458. The molecule has 8 heteroatoms. The molecule has 2 aromatic rings. The van der Waals surface area contributed by atoms with E-state index >= 15 is 0 Å². The minimum absolute atomic E-state index is 0.149. The molecule has 1 aliphatic rings. The van der Waals surface area contributed by atoms with Gasteiger partial charge < -0.3 is 10.1 Å². The predicted octanol–water partition coefficient (Wildman–Crippen LogP) is 2.90. The van der Waals surface area contributed by atoms with Crippen LogP contribution in [0.5, 0.6) is 0 Å². The molecule has 0 bridgehead atoms. The number of imide groups is 1. The number of rotatable bonds is 5. The van der Waals surface area contributed by atoms with Crippen LogP contribution in [0.25, 0.3) is 0 Å². The van der Waals surface area contributed by atoms with Gasteiger partial charge in [-0.1, -0.05) is 22.0 Å². The van der Waals surface area contributed by atoms with E-state index < -0.39 is 18.5 Å². The summed E-state index contributed by atoms with van der Waals surface area (Å²) in [6.07, 6.45) is 0.313. The van der Waals surface area contributed by atoms with Crippen LogP contribution in [0.15, 0.2) is 53.0 Å². The predicted molar refractivity (Wildman–Crippen MR) is 101 cm³/mol. The minimum atomic E-state index is -0.720. The Labute approximate surface area is 163 Å². The highest BCUT2D eigenvalue weighted by Gasteiger charge is 2.30. The second kappa shape index (κ2) is 8.13. The van der Waals surface area contributed by atoms with Gasteiger partial charge in [0.25, 0.3) is 5.91 Å². The van der Waals surface area contributed by atoms with Crippen molar-refractivity contribution in [2.75, 3.05) is 16.8 Å². The van der Waals surface area contributed by atoms with Crippen molar-refractivity contribution in [2.24, 2.45) is 0 Å². The Morgan fingerprint density at radius 2 is 1.70 bits per heavy atom. The number of halogens is 1. The number of esters is 1. The van der Waals surface area contributed by atoms with Crippen LogP contribution in [0.3, 0.4) is 0 Å². The van der Waals surface area contributed by atoms with E-state index in [2.05, 4.69) is 21.2 Å². The Morgan fingerprint density at radius 1 is 1.04 bits per heavy atom. The molecule has 27 heavy (non-hydrogen) atoms. The van der Waals surface area contributed by atoms with Gasteiger partial charge in [-0.25, -0.2) is 4.79 Å². The van der Waals surface area contributed by atoms with Crippen LogP contribution < -0.4 is 10.2 Å². The van der Waals surface area contributed by atoms with E-state index in [1.54, 1.807) is 36.4 Å². The van der Waals surface area contributed by atoms with Crippen LogP contribution in [-0.4, -0.2) is 30.3 Å². The van der Waals surface area contributed by atoms with Gasteiger partial charge >= 0.3 is 5.97 Å². The molecule has 1 aliphatic heterocycles. The number of benzene rings is 2. The Bertz CT molecular complexity index is 895. The van der Waals surface area contributed by atoms with Gasteiger partial charge in [-0.3, -0.25) is 19.3 Å². The van der Waals surface area contributed by atoms with Crippen LogP contribution in [0, 0.1) is 0 Å². The van der Waals surface area contributed by atoms with Crippen LogP contribution in [0.2, 0.25) is 0 Å². The number of hydrogen-bond donors (Lipinski definition) is 1. The molecule has 1 fully saturated rings. The number of amides is 3. The van der Waals surface area contributed by atoms with Crippen molar-refractivity contribution >= 4 is 51.0 Å². The molecule has 0 spiro atoms. The molecule has 0 aliphatic carbocycles. The highest BCUT2D eigenvalue weighted by molar-refractivity contribution is 9.10. The first kappa shape index (κ1) is 18.8. The summed E-state index contributed by atoms with van der Waals surface area (Å²) >= 11 is 3.30. The smallest absolute Gasteiger partial charge is 0.338 e. The maximum Gasteiger partial charge on any atom is 0.338 e. The Balaban J connectivity index is 1.60. The number of ether oxygens (including phenoxy) is 1. The topological polar surface area (TPSA) is 92.8 Å². The zero-order valence-electron chi connectivity index (χ0n) is 14.1.